The summed E-state index contributed by atoms with van der Waals surface area (Å²) in [7, 11) is -0.532. The summed E-state index contributed by atoms with van der Waals surface area (Å²) >= 11 is 0. The molecule has 1 aliphatic heterocycles. The number of methoxy groups -OCH3 is 1. The molecule has 3 rings (SSSR count). The van der Waals surface area contributed by atoms with Crippen LogP contribution in [0.1, 0.15) is 51.7 Å². The van der Waals surface area contributed by atoms with Crippen LogP contribution >= 0.6 is 0 Å². The molecule has 2 aromatic rings. The SMILES string of the molecule is COc1ccc(COCCC[C@H](O[Si](C)(C)C(C)(C)C)[C@@H](C)C(=O)N2C(=O)OC[C@H]2Cc2ccccc2)cc1. The molecule has 0 saturated carbocycles. The Kier molecular flexibility index (Phi) is 10.8. The number of amides is 2. The second-order valence-corrected chi connectivity index (χ2v) is 16.6. The molecule has 0 bridgehead atoms. The molecule has 0 unspecified atom stereocenters. The van der Waals surface area contributed by atoms with E-state index in [4.69, 9.17) is 18.6 Å². The maximum Gasteiger partial charge on any atom is 0.416 e. The molecule has 0 N–H and O–H groups in total. The summed E-state index contributed by atoms with van der Waals surface area (Å²) in [6, 6.07) is 17.4. The highest BCUT2D eigenvalue weighted by Crippen LogP contribution is 2.39. The molecule has 0 radical (unpaired) electrons. The molecule has 39 heavy (non-hydrogen) atoms. The van der Waals surface area contributed by atoms with Gasteiger partial charge in [0.25, 0.3) is 0 Å². The molecule has 1 aliphatic rings. The van der Waals surface area contributed by atoms with Crippen molar-refractivity contribution in [1.29, 1.82) is 0 Å². The van der Waals surface area contributed by atoms with E-state index >= 15 is 0 Å². The van der Waals surface area contributed by atoms with Crippen molar-refractivity contribution in [1.82, 2.24) is 4.90 Å². The van der Waals surface area contributed by atoms with Gasteiger partial charge in [-0.1, -0.05) is 70.2 Å². The van der Waals surface area contributed by atoms with Crippen LogP contribution in [0.3, 0.4) is 0 Å². The maximum atomic E-state index is 13.8. The highest BCUT2D eigenvalue weighted by atomic mass is 28.4. The van der Waals surface area contributed by atoms with Crippen LogP contribution in [0.5, 0.6) is 5.75 Å². The molecule has 3 atom stereocenters. The van der Waals surface area contributed by atoms with Crippen molar-refractivity contribution >= 4 is 20.3 Å². The van der Waals surface area contributed by atoms with Crippen molar-refractivity contribution in [3.05, 3.63) is 65.7 Å². The highest BCUT2D eigenvalue weighted by molar-refractivity contribution is 6.74. The third-order valence-corrected chi connectivity index (χ3v) is 12.4. The van der Waals surface area contributed by atoms with Gasteiger partial charge in [-0.25, -0.2) is 9.69 Å². The normalized spacial score (nSPS) is 17.6. The molecule has 214 valence electrons. The van der Waals surface area contributed by atoms with Crippen LogP contribution in [0.4, 0.5) is 4.79 Å². The first kappa shape index (κ1) is 30.9. The standard InChI is InChI=1S/C31H45NO6Si/c1-23(29(33)32-26(22-37-30(32)34)20-24-12-9-8-10-13-24)28(38-39(6,7)31(2,3)4)14-11-19-36-21-25-15-17-27(35-5)18-16-25/h8-10,12-13,15-18,23,26,28H,11,14,19-22H2,1-7H3/t23-,26-,28+/m1/s1. The second-order valence-electron chi connectivity index (χ2n) is 11.9. The van der Waals surface area contributed by atoms with Crippen molar-refractivity contribution in [2.45, 2.75) is 83.8 Å². The van der Waals surface area contributed by atoms with Crippen LogP contribution in [0, 0.1) is 5.92 Å². The highest BCUT2D eigenvalue weighted by Gasteiger charge is 2.45. The van der Waals surface area contributed by atoms with Gasteiger partial charge in [0.1, 0.15) is 12.4 Å². The number of imide groups is 1. The fourth-order valence-electron chi connectivity index (χ4n) is 4.41. The summed E-state index contributed by atoms with van der Waals surface area (Å²) in [4.78, 5) is 27.8. The van der Waals surface area contributed by atoms with Gasteiger partial charge >= 0.3 is 6.09 Å². The second kappa shape index (κ2) is 13.6. The summed E-state index contributed by atoms with van der Waals surface area (Å²) in [6.45, 7) is 14.1. The zero-order chi connectivity index (χ0) is 28.6. The minimum absolute atomic E-state index is 0.0126. The van der Waals surface area contributed by atoms with Crippen LogP contribution in [0.25, 0.3) is 0 Å². The number of rotatable bonds is 13. The fraction of sp³-hybridized carbons (Fsp3) is 0.548. The molecule has 1 fully saturated rings. The van der Waals surface area contributed by atoms with Crippen LogP contribution in [-0.2, 0) is 31.7 Å². The molecule has 0 aliphatic carbocycles. The molecular formula is C31H45NO6Si. The lowest BCUT2D eigenvalue weighted by molar-refractivity contribution is -0.136. The number of cyclic esters (lactones) is 1. The Bertz CT molecular complexity index is 1070. The van der Waals surface area contributed by atoms with Crippen molar-refractivity contribution in [2.24, 2.45) is 5.92 Å². The Morgan fingerprint density at radius 2 is 1.74 bits per heavy atom. The molecule has 7 nitrogen and oxygen atoms in total. The average molecular weight is 556 g/mol. The number of ether oxygens (including phenoxy) is 3. The van der Waals surface area contributed by atoms with E-state index in [1.807, 2.05) is 61.5 Å². The Labute approximate surface area is 234 Å². The average Bonchev–Trinajstić information content (AvgIpc) is 3.26. The summed E-state index contributed by atoms with van der Waals surface area (Å²) < 4.78 is 23.3. The largest absolute Gasteiger partial charge is 0.497 e. The Morgan fingerprint density at radius 3 is 2.36 bits per heavy atom. The maximum absolute atomic E-state index is 13.8. The Balaban J connectivity index is 1.66. The van der Waals surface area contributed by atoms with E-state index in [0.29, 0.717) is 26.1 Å². The van der Waals surface area contributed by atoms with E-state index in [1.54, 1.807) is 7.11 Å². The number of nitrogens with zero attached hydrogens (tertiary/aromatic N) is 1. The predicted octanol–water partition coefficient (Wildman–Crippen LogP) is 6.61. The van der Waals surface area contributed by atoms with Gasteiger partial charge in [0.05, 0.1) is 31.8 Å². The number of hydrogen-bond donors (Lipinski definition) is 0. The molecule has 1 saturated heterocycles. The fourth-order valence-corrected chi connectivity index (χ4v) is 5.84. The molecule has 8 heteroatoms. The van der Waals surface area contributed by atoms with Gasteiger partial charge in [-0.15, -0.1) is 0 Å². The van der Waals surface area contributed by atoms with Crippen molar-refractivity contribution in [3.63, 3.8) is 0 Å². The number of carbonyl (C=O) groups is 2. The van der Waals surface area contributed by atoms with Gasteiger partial charge in [0.15, 0.2) is 8.32 Å². The van der Waals surface area contributed by atoms with Gasteiger partial charge < -0.3 is 18.6 Å². The summed E-state index contributed by atoms with van der Waals surface area (Å²) in [6.07, 6.45) is 1.08. The van der Waals surface area contributed by atoms with Crippen LogP contribution < -0.4 is 4.74 Å². The minimum atomic E-state index is -2.18. The Morgan fingerprint density at radius 1 is 1.08 bits per heavy atom. The van der Waals surface area contributed by atoms with E-state index in [1.165, 1.54) is 4.90 Å². The van der Waals surface area contributed by atoms with E-state index in [0.717, 1.165) is 23.3 Å². The van der Waals surface area contributed by atoms with Crippen LogP contribution in [0.2, 0.25) is 18.1 Å². The third kappa shape index (κ3) is 8.40. The van der Waals surface area contributed by atoms with Gasteiger partial charge in [-0.2, -0.15) is 0 Å². The Hall–Kier alpha value is -2.68. The number of benzene rings is 2. The topological polar surface area (TPSA) is 74.3 Å². The van der Waals surface area contributed by atoms with Crippen molar-refractivity contribution < 1.29 is 28.2 Å². The molecular weight excluding hydrogens is 510 g/mol. The van der Waals surface area contributed by atoms with Crippen molar-refractivity contribution in [2.75, 3.05) is 20.3 Å². The summed E-state index contributed by atoms with van der Waals surface area (Å²) in [5.41, 5.74) is 2.14. The first-order valence-electron chi connectivity index (χ1n) is 13.8. The van der Waals surface area contributed by atoms with Crippen molar-refractivity contribution in [3.8, 4) is 5.75 Å². The zero-order valence-corrected chi connectivity index (χ0v) is 25.6. The van der Waals surface area contributed by atoms with Crippen LogP contribution in [-0.4, -0.2) is 57.7 Å². The molecule has 2 amide bonds. The molecule has 0 aromatic heterocycles. The number of carbonyl (C=O) groups excluding carboxylic acids is 2. The van der Waals surface area contributed by atoms with Gasteiger partial charge in [0, 0.05) is 6.61 Å². The zero-order valence-electron chi connectivity index (χ0n) is 24.6. The lowest BCUT2D eigenvalue weighted by Crippen LogP contribution is -2.50. The monoisotopic (exact) mass is 555 g/mol. The smallest absolute Gasteiger partial charge is 0.416 e. The van der Waals surface area contributed by atoms with E-state index < -0.39 is 20.3 Å². The van der Waals surface area contributed by atoms with E-state index in [9.17, 15) is 9.59 Å². The molecule has 2 aromatic carbocycles. The summed E-state index contributed by atoms with van der Waals surface area (Å²) in [5.74, 6) is 0.0850. The number of hydrogen-bond acceptors (Lipinski definition) is 6. The van der Waals surface area contributed by atoms with Gasteiger partial charge in [-0.05, 0) is 60.7 Å². The van der Waals surface area contributed by atoms with Gasteiger partial charge in [0.2, 0.25) is 5.91 Å². The quantitative estimate of drug-likeness (QED) is 0.205. The minimum Gasteiger partial charge on any atom is -0.497 e. The molecule has 0 spiro atoms. The first-order chi connectivity index (χ1) is 18.4. The molecule has 1 heterocycles. The first-order valence-corrected chi connectivity index (χ1v) is 16.8. The van der Waals surface area contributed by atoms with E-state index in [-0.39, 0.29) is 29.7 Å². The third-order valence-electron chi connectivity index (χ3n) is 7.92. The lowest BCUT2D eigenvalue weighted by atomic mass is 9.97. The van der Waals surface area contributed by atoms with E-state index in [2.05, 4.69) is 33.9 Å². The summed E-state index contributed by atoms with van der Waals surface area (Å²) in [5, 5.41) is -0.0126. The van der Waals surface area contributed by atoms with Crippen LogP contribution in [0.15, 0.2) is 54.6 Å². The lowest BCUT2D eigenvalue weighted by Gasteiger charge is -2.41. The van der Waals surface area contributed by atoms with Gasteiger partial charge in [-0.3, -0.25) is 4.79 Å². The predicted molar refractivity (Wildman–Crippen MR) is 155 cm³/mol.